The molecule has 1 aromatic carbocycles. The van der Waals surface area contributed by atoms with E-state index in [1.807, 2.05) is 43.5 Å². The highest BCUT2D eigenvalue weighted by atomic mass is 32.1. The van der Waals surface area contributed by atoms with E-state index < -0.39 is 0 Å². The minimum Gasteiger partial charge on any atom is -0.492 e. The van der Waals surface area contributed by atoms with Crippen LogP contribution in [0.2, 0.25) is 0 Å². The number of fused-ring (bicyclic) bond motifs is 1. The van der Waals surface area contributed by atoms with Crippen molar-refractivity contribution in [1.82, 2.24) is 14.5 Å². The van der Waals surface area contributed by atoms with E-state index in [9.17, 15) is 4.79 Å². The number of aromatic nitrogens is 2. The van der Waals surface area contributed by atoms with Gasteiger partial charge in [0.25, 0.3) is 0 Å². The fourth-order valence-corrected chi connectivity index (χ4v) is 2.73. The van der Waals surface area contributed by atoms with E-state index in [-0.39, 0.29) is 11.9 Å². The van der Waals surface area contributed by atoms with E-state index in [4.69, 9.17) is 17.0 Å². The number of carbonyl (C=O) groups is 1. The molecule has 0 aliphatic heterocycles. The zero-order valence-corrected chi connectivity index (χ0v) is 13.7. The Kier molecular flexibility index (Phi) is 4.67. The SMILES string of the molecule is CCOc1cccc2c1[nH]c(=S)n2C(C)C(=O)N(C)CC. The van der Waals surface area contributed by atoms with Crippen molar-refractivity contribution >= 4 is 29.2 Å². The van der Waals surface area contributed by atoms with Gasteiger partial charge in [0, 0.05) is 13.6 Å². The van der Waals surface area contributed by atoms with Crippen molar-refractivity contribution in [2.24, 2.45) is 0 Å². The number of para-hydroxylation sites is 1. The van der Waals surface area contributed by atoms with E-state index in [0.717, 1.165) is 16.8 Å². The first-order chi connectivity index (χ1) is 10.0. The van der Waals surface area contributed by atoms with Gasteiger partial charge in [-0.25, -0.2) is 0 Å². The maximum absolute atomic E-state index is 12.4. The zero-order chi connectivity index (χ0) is 15.6. The highest BCUT2D eigenvalue weighted by molar-refractivity contribution is 7.71. The van der Waals surface area contributed by atoms with E-state index in [1.165, 1.54) is 0 Å². The molecule has 1 aromatic heterocycles. The lowest BCUT2D eigenvalue weighted by molar-refractivity contribution is -0.132. The fraction of sp³-hybridized carbons (Fsp3) is 0.467. The Hall–Kier alpha value is -1.82. The second kappa shape index (κ2) is 6.30. The van der Waals surface area contributed by atoms with Crippen molar-refractivity contribution in [2.45, 2.75) is 26.8 Å². The molecule has 114 valence electrons. The van der Waals surface area contributed by atoms with Crippen molar-refractivity contribution in [3.05, 3.63) is 23.0 Å². The van der Waals surface area contributed by atoms with E-state index in [0.29, 0.717) is 17.9 Å². The van der Waals surface area contributed by atoms with Crippen LogP contribution in [-0.2, 0) is 4.79 Å². The molecule has 1 amide bonds. The Morgan fingerprint density at radius 1 is 1.48 bits per heavy atom. The second-order valence-electron chi connectivity index (χ2n) is 4.91. The number of amides is 1. The summed E-state index contributed by atoms with van der Waals surface area (Å²) in [5, 5.41) is 0. The Labute approximate surface area is 129 Å². The summed E-state index contributed by atoms with van der Waals surface area (Å²) in [5.41, 5.74) is 1.72. The van der Waals surface area contributed by atoms with Gasteiger partial charge < -0.3 is 19.2 Å². The maximum Gasteiger partial charge on any atom is 0.245 e. The van der Waals surface area contributed by atoms with Crippen molar-refractivity contribution < 1.29 is 9.53 Å². The molecule has 2 aromatic rings. The Bertz CT molecular complexity index is 704. The topological polar surface area (TPSA) is 50.3 Å². The summed E-state index contributed by atoms with van der Waals surface area (Å²) < 4.78 is 7.99. The third kappa shape index (κ3) is 2.81. The van der Waals surface area contributed by atoms with Gasteiger partial charge in [-0.15, -0.1) is 0 Å². The van der Waals surface area contributed by atoms with Crippen LogP contribution in [-0.4, -0.2) is 40.6 Å². The van der Waals surface area contributed by atoms with Crippen LogP contribution in [0.1, 0.15) is 26.8 Å². The second-order valence-corrected chi connectivity index (χ2v) is 5.30. The molecule has 5 nitrogen and oxygen atoms in total. The van der Waals surface area contributed by atoms with Crippen LogP contribution in [0.15, 0.2) is 18.2 Å². The maximum atomic E-state index is 12.4. The molecule has 21 heavy (non-hydrogen) atoms. The zero-order valence-electron chi connectivity index (χ0n) is 12.8. The first-order valence-corrected chi connectivity index (χ1v) is 7.53. The monoisotopic (exact) mass is 307 g/mol. The predicted octanol–water partition coefficient (Wildman–Crippen LogP) is 3.14. The van der Waals surface area contributed by atoms with Crippen LogP contribution >= 0.6 is 12.2 Å². The number of likely N-dealkylation sites (N-methyl/N-ethyl adjacent to an activating group) is 1. The molecule has 1 heterocycles. The van der Waals surface area contributed by atoms with Gasteiger partial charge in [-0.1, -0.05) is 6.07 Å². The lowest BCUT2D eigenvalue weighted by Gasteiger charge is -2.21. The molecule has 1 unspecified atom stereocenters. The summed E-state index contributed by atoms with van der Waals surface area (Å²) in [5.74, 6) is 0.791. The van der Waals surface area contributed by atoms with E-state index in [1.54, 1.807) is 11.9 Å². The Morgan fingerprint density at radius 3 is 2.81 bits per heavy atom. The van der Waals surface area contributed by atoms with Gasteiger partial charge >= 0.3 is 0 Å². The lowest BCUT2D eigenvalue weighted by atomic mass is 10.2. The highest BCUT2D eigenvalue weighted by Crippen LogP contribution is 2.27. The molecule has 0 aliphatic carbocycles. The number of aromatic amines is 1. The minimum absolute atomic E-state index is 0.0383. The van der Waals surface area contributed by atoms with Crippen molar-refractivity contribution in [1.29, 1.82) is 0 Å². The lowest BCUT2D eigenvalue weighted by Crippen LogP contribution is -2.32. The van der Waals surface area contributed by atoms with Crippen molar-refractivity contribution in [3.63, 3.8) is 0 Å². The molecule has 0 radical (unpaired) electrons. The molecule has 0 aliphatic rings. The normalized spacial score (nSPS) is 12.4. The highest BCUT2D eigenvalue weighted by Gasteiger charge is 2.21. The smallest absolute Gasteiger partial charge is 0.245 e. The van der Waals surface area contributed by atoms with Crippen molar-refractivity contribution in [2.75, 3.05) is 20.2 Å². The van der Waals surface area contributed by atoms with Crippen LogP contribution < -0.4 is 4.74 Å². The van der Waals surface area contributed by atoms with Gasteiger partial charge in [0.15, 0.2) is 4.77 Å². The first-order valence-electron chi connectivity index (χ1n) is 7.12. The number of hydrogen-bond acceptors (Lipinski definition) is 3. The summed E-state index contributed by atoms with van der Waals surface area (Å²) in [6, 6.07) is 5.40. The number of rotatable bonds is 5. The summed E-state index contributed by atoms with van der Waals surface area (Å²) in [6.07, 6.45) is 0. The number of imidazole rings is 1. The molecule has 0 saturated carbocycles. The molecular formula is C15H21N3O2S. The van der Waals surface area contributed by atoms with Gasteiger partial charge in [-0.2, -0.15) is 0 Å². The van der Waals surface area contributed by atoms with Crippen LogP contribution in [0.25, 0.3) is 11.0 Å². The van der Waals surface area contributed by atoms with Gasteiger partial charge in [-0.05, 0) is 45.1 Å². The molecule has 0 saturated heterocycles. The number of benzene rings is 1. The molecule has 1 atom stereocenters. The molecule has 2 rings (SSSR count). The van der Waals surface area contributed by atoms with E-state index >= 15 is 0 Å². The third-order valence-corrected chi connectivity index (χ3v) is 3.91. The van der Waals surface area contributed by atoms with Crippen LogP contribution in [0.3, 0.4) is 0 Å². The molecule has 0 bridgehead atoms. The number of carbonyl (C=O) groups excluding carboxylic acids is 1. The Balaban J connectivity index is 2.55. The van der Waals surface area contributed by atoms with Gasteiger partial charge in [0.1, 0.15) is 17.3 Å². The fourth-order valence-electron chi connectivity index (χ4n) is 2.37. The number of nitrogens with zero attached hydrogens (tertiary/aromatic N) is 2. The van der Waals surface area contributed by atoms with Crippen LogP contribution in [0, 0.1) is 4.77 Å². The average Bonchev–Trinajstić information content (AvgIpc) is 2.82. The molecule has 6 heteroatoms. The number of H-pyrrole nitrogens is 1. The number of ether oxygens (including phenoxy) is 1. The summed E-state index contributed by atoms with van der Waals surface area (Å²) in [6.45, 7) is 7.00. The molecule has 0 spiro atoms. The molecule has 1 N–H and O–H groups in total. The summed E-state index contributed by atoms with van der Waals surface area (Å²) in [4.78, 5) is 17.2. The van der Waals surface area contributed by atoms with Crippen LogP contribution in [0.4, 0.5) is 0 Å². The quantitative estimate of drug-likeness (QED) is 0.863. The van der Waals surface area contributed by atoms with Gasteiger partial charge in [-0.3, -0.25) is 4.79 Å². The van der Waals surface area contributed by atoms with E-state index in [2.05, 4.69) is 4.98 Å². The molecule has 0 fully saturated rings. The summed E-state index contributed by atoms with van der Waals surface area (Å²) >= 11 is 5.40. The number of nitrogens with one attached hydrogen (secondary N) is 1. The van der Waals surface area contributed by atoms with Crippen molar-refractivity contribution in [3.8, 4) is 5.75 Å². The average molecular weight is 307 g/mol. The third-order valence-electron chi connectivity index (χ3n) is 3.61. The summed E-state index contributed by atoms with van der Waals surface area (Å²) in [7, 11) is 1.79. The van der Waals surface area contributed by atoms with Crippen LogP contribution in [0.5, 0.6) is 5.75 Å². The number of hydrogen-bond donors (Lipinski definition) is 1. The van der Waals surface area contributed by atoms with Gasteiger partial charge in [0.05, 0.1) is 12.1 Å². The van der Waals surface area contributed by atoms with Gasteiger partial charge in [0.2, 0.25) is 5.91 Å². The predicted molar refractivity (Wildman–Crippen MR) is 86.3 cm³/mol. The Morgan fingerprint density at radius 2 is 2.19 bits per heavy atom. The standard InChI is InChI=1S/C15H21N3O2S/c1-5-17(4)14(19)10(3)18-11-8-7-9-12(20-6-2)13(11)16-15(18)21/h7-10H,5-6H2,1-4H3,(H,16,21). The minimum atomic E-state index is -0.354. The molecular weight excluding hydrogens is 286 g/mol. The first kappa shape index (κ1) is 15.6. The largest absolute Gasteiger partial charge is 0.492 e.